The van der Waals surface area contributed by atoms with E-state index in [9.17, 15) is 9.18 Å². The lowest BCUT2D eigenvalue weighted by Crippen LogP contribution is -2.34. The number of hydrazone groups is 2. The zero-order valence-electron chi connectivity index (χ0n) is 12.5. The van der Waals surface area contributed by atoms with Crippen molar-refractivity contribution in [1.82, 2.24) is 5.01 Å². The molecule has 1 aliphatic rings. The Labute approximate surface area is 132 Å². The van der Waals surface area contributed by atoms with Gasteiger partial charge in [0.15, 0.2) is 0 Å². The molecule has 1 aromatic carbocycles. The molecular formula is C15H13FN6O. The third kappa shape index (κ3) is 3.50. The lowest BCUT2D eigenvalue weighted by molar-refractivity contribution is -0.131. The van der Waals surface area contributed by atoms with Gasteiger partial charge in [-0.25, -0.2) is 9.40 Å². The molecule has 1 aromatic rings. The zero-order valence-corrected chi connectivity index (χ0v) is 12.5. The normalized spacial score (nSPS) is 16.9. The van der Waals surface area contributed by atoms with Gasteiger partial charge in [0, 0.05) is 24.9 Å². The van der Waals surface area contributed by atoms with E-state index in [2.05, 4.69) is 15.6 Å². The highest BCUT2D eigenvalue weighted by Gasteiger charge is 2.26. The summed E-state index contributed by atoms with van der Waals surface area (Å²) >= 11 is 0. The zero-order chi connectivity index (χ0) is 17.0. The summed E-state index contributed by atoms with van der Waals surface area (Å²) in [5.74, 6) is -0.836. The van der Waals surface area contributed by atoms with Crippen LogP contribution in [-0.2, 0) is 4.79 Å². The fraction of sp³-hybridized carbons (Fsp3) is 0.267. The largest absolute Gasteiger partial charge is 0.276 e. The second-order valence-electron chi connectivity index (χ2n) is 5.00. The van der Waals surface area contributed by atoms with E-state index in [1.54, 1.807) is 18.2 Å². The Morgan fingerprint density at radius 3 is 2.78 bits per heavy atom. The van der Waals surface area contributed by atoms with Gasteiger partial charge >= 0.3 is 0 Å². The minimum atomic E-state index is -0.533. The average molecular weight is 312 g/mol. The van der Waals surface area contributed by atoms with Gasteiger partial charge in [-0.15, -0.1) is 0 Å². The number of hydrogen-bond donors (Lipinski definition) is 1. The van der Waals surface area contributed by atoms with Crippen molar-refractivity contribution in [3.8, 4) is 12.1 Å². The second-order valence-corrected chi connectivity index (χ2v) is 5.00. The molecule has 1 amide bonds. The van der Waals surface area contributed by atoms with Gasteiger partial charge in [0.25, 0.3) is 0 Å². The van der Waals surface area contributed by atoms with Gasteiger partial charge in [-0.3, -0.25) is 10.2 Å². The summed E-state index contributed by atoms with van der Waals surface area (Å²) in [5.41, 5.74) is 3.17. The fourth-order valence-corrected chi connectivity index (χ4v) is 2.11. The second kappa shape index (κ2) is 6.67. The lowest BCUT2D eigenvalue weighted by Gasteiger charge is -2.25. The van der Waals surface area contributed by atoms with E-state index in [4.69, 9.17) is 10.5 Å². The molecule has 1 aliphatic heterocycles. The Morgan fingerprint density at radius 2 is 2.17 bits per heavy atom. The maximum atomic E-state index is 14.3. The van der Waals surface area contributed by atoms with Crippen molar-refractivity contribution in [2.75, 3.05) is 12.5 Å². The number of hydrogen-bond acceptors (Lipinski definition) is 6. The van der Waals surface area contributed by atoms with Crippen molar-refractivity contribution in [1.29, 1.82) is 10.5 Å². The molecule has 1 heterocycles. The minimum absolute atomic E-state index is 0.116. The highest BCUT2D eigenvalue weighted by atomic mass is 19.1. The van der Waals surface area contributed by atoms with Crippen molar-refractivity contribution < 1.29 is 9.18 Å². The van der Waals surface area contributed by atoms with Crippen LogP contribution in [0.25, 0.3) is 0 Å². The molecular weight excluding hydrogens is 299 g/mol. The fourth-order valence-electron chi connectivity index (χ4n) is 2.11. The first-order valence-corrected chi connectivity index (χ1v) is 6.75. The first-order chi connectivity index (χ1) is 11.0. The van der Waals surface area contributed by atoms with Crippen LogP contribution >= 0.6 is 0 Å². The predicted octanol–water partition coefficient (Wildman–Crippen LogP) is 1.84. The first kappa shape index (κ1) is 16.1. The van der Waals surface area contributed by atoms with Gasteiger partial charge in [0.2, 0.25) is 11.6 Å². The topological polar surface area (TPSA) is 105 Å². The Balaban J connectivity index is 2.29. The molecule has 0 fully saturated rings. The third-order valence-electron chi connectivity index (χ3n) is 3.32. The summed E-state index contributed by atoms with van der Waals surface area (Å²) in [6.07, 6.45) is 0.271. The molecule has 0 saturated carbocycles. The summed E-state index contributed by atoms with van der Waals surface area (Å²) in [6.45, 7) is 1.81. The van der Waals surface area contributed by atoms with Gasteiger partial charge in [-0.05, 0) is 18.2 Å². The smallest absolute Gasteiger partial charge is 0.243 e. The molecule has 1 N–H and O–H groups in total. The molecule has 2 rings (SSSR count). The monoisotopic (exact) mass is 312 g/mol. The van der Waals surface area contributed by atoms with Crippen LogP contribution in [0.3, 0.4) is 0 Å². The van der Waals surface area contributed by atoms with Gasteiger partial charge in [0.05, 0.1) is 11.4 Å². The SMILES string of the molecule is CC1CC(=O)N(C)N=C1c1ccc(NN=C(C#N)C#N)cc1F. The highest BCUT2D eigenvalue weighted by Crippen LogP contribution is 2.23. The molecule has 0 radical (unpaired) electrons. The van der Waals surface area contributed by atoms with E-state index < -0.39 is 5.82 Å². The number of carbonyl (C=O) groups is 1. The van der Waals surface area contributed by atoms with Crippen LogP contribution in [0.2, 0.25) is 0 Å². The average Bonchev–Trinajstić information content (AvgIpc) is 2.52. The van der Waals surface area contributed by atoms with E-state index in [0.29, 0.717) is 17.0 Å². The van der Waals surface area contributed by atoms with Crippen molar-refractivity contribution in [3.63, 3.8) is 0 Å². The molecule has 7 nitrogen and oxygen atoms in total. The maximum absolute atomic E-state index is 14.3. The van der Waals surface area contributed by atoms with Gasteiger partial charge in [-0.2, -0.15) is 20.7 Å². The Morgan fingerprint density at radius 1 is 1.48 bits per heavy atom. The molecule has 8 heteroatoms. The number of carbonyl (C=O) groups excluding carboxylic acids is 1. The predicted molar refractivity (Wildman–Crippen MR) is 81.8 cm³/mol. The molecule has 0 spiro atoms. The summed E-state index contributed by atoms with van der Waals surface area (Å²) in [5, 5.41) is 26.0. The minimum Gasteiger partial charge on any atom is -0.276 e. The molecule has 0 aliphatic carbocycles. The Kier molecular flexibility index (Phi) is 4.67. The quantitative estimate of drug-likeness (QED) is 0.679. The van der Waals surface area contributed by atoms with Crippen molar-refractivity contribution in [2.45, 2.75) is 13.3 Å². The van der Waals surface area contributed by atoms with Crippen molar-refractivity contribution in [2.24, 2.45) is 16.1 Å². The molecule has 0 bridgehead atoms. The summed E-state index contributed by atoms with van der Waals surface area (Å²) in [7, 11) is 1.53. The maximum Gasteiger partial charge on any atom is 0.243 e. The van der Waals surface area contributed by atoms with Crippen LogP contribution in [0.1, 0.15) is 18.9 Å². The number of anilines is 1. The Hall–Kier alpha value is -3.26. The molecule has 0 saturated heterocycles. The number of nitrogens with one attached hydrogen (secondary N) is 1. The molecule has 1 atom stereocenters. The molecule has 116 valence electrons. The van der Waals surface area contributed by atoms with Crippen LogP contribution in [0, 0.1) is 34.4 Å². The summed E-state index contributed by atoms with van der Waals surface area (Å²) < 4.78 is 14.3. The van der Waals surface area contributed by atoms with Crippen molar-refractivity contribution in [3.05, 3.63) is 29.6 Å². The number of halogens is 1. The van der Waals surface area contributed by atoms with Gasteiger partial charge < -0.3 is 0 Å². The van der Waals surface area contributed by atoms with Crippen LogP contribution < -0.4 is 5.43 Å². The first-order valence-electron chi connectivity index (χ1n) is 6.75. The van der Waals surface area contributed by atoms with Crippen molar-refractivity contribution >= 4 is 23.0 Å². The number of amides is 1. The van der Waals surface area contributed by atoms with Crippen LogP contribution in [-0.4, -0.2) is 29.4 Å². The van der Waals surface area contributed by atoms with Crippen LogP contribution in [0.5, 0.6) is 0 Å². The van der Waals surface area contributed by atoms with Crippen LogP contribution in [0.4, 0.5) is 10.1 Å². The molecule has 23 heavy (non-hydrogen) atoms. The van der Waals surface area contributed by atoms with E-state index >= 15 is 0 Å². The number of nitrogens with zero attached hydrogens (tertiary/aromatic N) is 5. The number of benzene rings is 1. The van der Waals surface area contributed by atoms with Crippen LogP contribution in [0.15, 0.2) is 28.4 Å². The summed E-state index contributed by atoms with van der Waals surface area (Å²) in [4.78, 5) is 11.6. The molecule has 0 aromatic heterocycles. The number of nitriles is 2. The lowest BCUT2D eigenvalue weighted by atomic mass is 9.93. The Bertz CT molecular complexity index is 770. The third-order valence-corrected chi connectivity index (χ3v) is 3.32. The molecule has 1 unspecified atom stereocenters. The van der Waals surface area contributed by atoms with E-state index in [1.807, 2.05) is 6.92 Å². The van der Waals surface area contributed by atoms with Gasteiger partial charge in [0.1, 0.15) is 18.0 Å². The summed E-state index contributed by atoms with van der Waals surface area (Å²) in [6, 6.07) is 7.45. The standard InChI is InChI=1S/C15H13FN6O/c1-9-5-14(23)22(2)21-15(9)12-4-3-10(6-13(12)16)19-20-11(7-17)8-18/h3-4,6,9,19H,5H2,1-2H3. The van der Waals surface area contributed by atoms with Gasteiger partial charge in [-0.1, -0.05) is 6.92 Å². The highest BCUT2D eigenvalue weighted by molar-refractivity contribution is 6.10. The van der Waals surface area contributed by atoms with E-state index in [0.717, 1.165) is 0 Å². The van der Waals surface area contributed by atoms with E-state index in [-0.39, 0.29) is 24.0 Å². The number of rotatable bonds is 3. The van der Waals surface area contributed by atoms with E-state index in [1.165, 1.54) is 24.2 Å².